The first-order valence-electron chi connectivity index (χ1n) is 10.4. The van der Waals surface area contributed by atoms with Gasteiger partial charge in [0, 0.05) is 17.6 Å². The second-order valence-corrected chi connectivity index (χ2v) is 11.7. The smallest absolute Gasteiger partial charge is 0.305 e. The molecule has 10 heteroatoms. The third kappa shape index (κ3) is 7.70. The highest BCUT2D eigenvalue weighted by atomic mass is 79.9. The molecule has 0 aliphatic heterocycles. The van der Waals surface area contributed by atoms with Gasteiger partial charge in [0.1, 0.15) is 11.3 Å². The van der Waals surface area contributed by atoms with Gasteiger partial charge in [0.15, 0.2) is 9.84 Å². The van der Waals surface area contributed by atoms with Crippen LogP contribution in [0.25, 0.3) is 10.2 Å². The molecule has 0 spiro atoms. The molecule has 3 N–H and O–H groups in total. The predicted molar refractivity (Wildman–Crippen MR) is 133 cm³/mol. The Bertz CT molecular complexity index is 1170. The maximum absolute atomic E-state index is 12.2. The number of H-pyrrole nitrogens is 1. The monoisotopic (exact) mass is 542 g/mol. The van der Waals surface area contributed by atoms with Crippen LogP contribution in [-0.2, 0) is 27.4 Å². The van der Waals surface area contributed by atoms with Gasteiger partial charge in [-0.2, -0.15) is 0 Å². The van der Waals surface area contributed by atoms with Crippen molar-refractivity contribution < 1.29 is 18.3 Å². The molecule has 2 aromatic carbocycles. The Morgan fingerprint density at radius 1 is 1.03 bits per heavy atom. The highest BCUT2D eigenvalue weighted by molar-refractivity contribution is 9.10. The van der Waals surface area contributed by atoms with Crippen molar-refractivity contribution in [2.45, 2.75) is 19.3 Å². The van der Waals surface area contributed by atoms with Crippen LogP contribution in [0.1, 0.15) is 17.5 Å². The van der Waals surface area contributed by atoms with E-state index in [0.29, 0.717) is 44.7 Å². The van der Waals surface area contributed by atoms with E-state index in [9.17, 15) is 18.3 Å². The molecule has 7 nitrogen and oxygen atoms in total. The van der Waals surface area contributed by atoms with Gasteiger partial charge in [-0.25, -0.2) is 8.42 Å². The van der Waals surface area contributed by atoms with Gasteiger partial charge in [0.05, 0.1) is 22.8 Å². The molecule has 3 aromatic rings. The highest BCUT2D eigenvalue weighted by Gasteiger charge is 2.11. The molecule has 0 unspecified atom stereocenters. The van der Waals surface area contributed by atoms with E-state index in [1.807, 2.05) is 24.3 Å². The third-order valence-electron chi connectivity index (χ3n) is 4.99. The highest BCUT2D eigenvalue weighted by Crippen LogP contribution is 2.27. The second-order valence-electron chi connectivity index (χ2n) is 7.46. The number of sulfone groups is 1. The molecule has 0 fully saturated rings. The predicted octanol–water partition coefficient (Wildman–Crippen LogP) is 3.25. The lowest BCUT2D eigenvalue weighted by Gasteiger charge is -2.08. The zero-order valence-corrected chi connectivity index (χ0v) is 20.8. The molecule has 3 rings (SSSR count). The quantitative estimate of drug-likeness (QED) is 0.286. The number of fused-ring (bicyclic) bond motifs is 1. The van der Waals surface area contributed by atoms with Gasteiger partial charge in [-0.1, -0.05) is 45.5 Å². The summed E-state index contributed by atoms with van der Waals surface area (Å²) < 4.78 is 31.7. The van der Waals surface area contributed by atoms with Crippen molar-refractivity contribution in [3.63, 3.8) is 0 Å². The normalized spacial score (nSPS) is 11.9. The number of aromatic nitrogens is 1. The van der Waals surface area contributed by atoms with Crippen LogP contribution in [0.2, 0.25) is 0 Å². The minimum absolute atomic E-state index is 0.0541. The maximum Gasteiger partial charge on any atom is 0.305 e. The standard InChI is InChI=1S/C22H27BrN2O5S2/c23-18-5-2-16(3-6-18)9-13-30-12-1-14-32(28,29)15-11-24-10-8-17-4-7-19(26)20-21(17)31-22(27)25-20/h2-7,24,26H,1,8-15H2,(H,25,27). The van der Waals surface area contributed by atoms with E-state index in [1.165, 1.54) is 5.56 Å². The molecular weight excluding hydrogens is 516 g/mol. The average molecular weight is 544 g/mol. The van der Waals surface area contributed by atoms with Crippen LogP contribution in [0, 0.1) is 0 Å². The Balaban J connectivity index is 1.29. The van der Waals surface area contributed by atoms with Crippen LogP contribution in [-0.4, -0.2) is 56.3 Å². The van der Waals surface area contributed by atoms with Gasteiger partial charge in [-0.15, -0.1) is 0 Å². The zero-order valence-electron chi connectivity index (χ0n) is 17.6. The van der Waals surface area contributed by atoms with Crippen molar-refractivity contribution in [1.29, 1.82) is 0 Å². The number of benzene rings is 2. The van der Waals surface area contributed by atoms with Crippen LogP contribution in [0.15, 0.2) is 45.7 Å². The minimum atomic E-state index is -3.13. The van der Waals surface area contributed by atoms with E-state index in [2.05, 4.69) is 26.2 Å². The molecule has 0 aliphatic carbocycles. The van der Waals surface area contributed by atoms with Crippen LogP contribution >= 0.6 is 27.3 Å². The van der Waals surface area contributed by atoms with Crippen molar-refractivity contribution >= 4 is 47.3 Å². The summed E-state index contributed by atoms with van der Waals surface area (Å²) in [6.07, 6.45) is 1.92. The van der Waals surface area contributed by atoms with Crippen LogP contribution < -0.4 is 10.2 Å². The molecule has 0 radical (unpaired) electrons. The lowest BCUT2D eigenvalue weighted by atomic mass is 10.1. The Hall–Kier alpha value is -1.72. The topological polar surface area (TPSA) is 108 Å². The summed E-state index contributed by atoms with van der Waals surface area (Å²) in [4.78, 5) is 14.0. The summed E-state index contributed by atoms with van der Waals surface area (Å²) in [6.45, 7) is 1.96. The number of aromatic amines is 1. The lowest BCUT2D eigenvalue weighted by Crippen LogP contribution is -2.26. The van der Waals surface area contributed by atoms with E-state index in [1.54, 1.807) is 12.1 Å². The average Bonchev–Trinajstić information content (AvgIpc) is 3.15. The molecule has 0 saturated carbocycles. The number of hydrogen-bond donors (Lipinski definition) is 3. The number of phenolic OH excluding ortho intramolecular Hbond substituents is 1. The van der Waals surface area contributed by atoms with Gasteiger partial charge in [-0.05, 0) is 55.1 Å². The number of halogens is 1. The number of phenols is 1. The third-order valence-corrected chi connectivity index (χ3v) is 8.22. The first kappa shape index (κ1) is 24.9. The SMILES string of the molecule is O=c1[nH]c2c(O)ccc(CCNCCS(=O)(=O)CCCOCCc3ccc(Br)cc3)c2s1. The molecule has 0 aliphatic rings. The summed E-state index contributed by atoms with van der Waals surface area (Å²) in [6, 6.07) is 11.4. The van der Waals surface area contributed by atoms with Crippen molar-refractivity contribution in [3.8, 4) is 5.75 Å². The molecular formula is C22H27BrN2O5S2. The van der Waals surface area contributed by atoms with Crippen LogP contribution in [0.4, 0.5) is 0 Å². The largest absolute Gasteiger partial charge is 0.506 e. The lowest BCUT2D eigenvalue weighted by molar-refractivity contribution is 0.138. The molecule has 32 heavy (non-hydrogen) atoms. The zero-order chi connectivity index (χ0) is 23.0. The fourth-order valence-corrected chi connectivity index (χ4v) is 5.65. The second kappa shape index (κ2) is 11.9. The maximum atomic E-state index is 12.2. The Morgan fingerprint density at radius 3 is 2.59 bits per heavy atom. The Labute approximate surface area is 199 Å². The van der Waals surface area contributed by atoms with Crippen LogP contribution in [0.3, 0.4) is 0 Å². The number of rotatable bonds is 13. The van der Waals surface area contributed by atoms with Gasteiger partial charge >= 0.3 is 4.87 Å². The summed E-state index contributed by atoms with van der Waals surface area (Å²) in [7, 11) is -3.13. The van der Waals surface area contributed by atoms with E-state index in [-0.39, 0.29) is 22.1 Å². The molecule has 1 aromatic heterocycles. The molecule has 0 saturated heterocycles. The Morgan fingerprint density at radius 2 is 1.81 bits per heavy atom. The van der Waals surface area contributed by atoms with Gasteiger partial charge < -0.3 is 20.1 Å². The first-order valence-corrected chi connectivity index (χ1v) is 13.8. The number of nitrogens with one attached hydrogen (secondary N) is 2. The number of aromatic hydroxyl groups is 1. The van der Waals surface area contributed by atoms with E-state index < -0.39 is 9.84 Å². The fourth-order valence-electron chi connectivity index (χ4n) is 3.27. The minimum Gasteiger partial charge on any atom is -0.506 e. The van der Waals surface area contributed by atoms with Crippen molar-refractivity contribution in [2.75, 3.05) is 37.8 Å². The molecule has 0 amide bonds. The van der Waals surface area contributed by atoms with Gasteiger partial charge in [-0.3, -0.25) is 4.79 Å². The van der Waals surface area contributed by atoms with Crippen LogP contribution in [0.5, 0.6) is 5.75 Å². The van der Waals surface area contributed by atoms with E-state index in [4.69, 9.17) is 4.74 Å². The van der Waals surface area contributed by atoms with Crippen molar-refractivity contribution in [2.24, 2.45) is 0 Å². The molecule has 174 valence electrons. The summed E-state index contributed by atoms with van der Waals surface area (Å²) >= 11 is 4.47. The molecule has 1 heterocycles. The number of thiazole rings is 1. The summed E-state index contributed by atoms with van der Waals surface area (Å²) in [5.74, 6) is 0.246. The van der Waals surface area contributed by atoms with E-state index >= 15 is 0 Å². The molecule has 0 bridgehead atoms. The van der Waals surface area contributed by atoms with Crippen molar-refractivity contribution in [1.82, 2.24) is 10.3 Å². The van der Waals surface area contributed by atoms with Gasteiger partial charge in [0.2, 0.25) is 0 Å². The number of ether oxygens (including phenoxy) is 1. The van der Waals surface area contributed by atoms with Crippen molar-refractivity contribution in [3.05, 3.63) is 61.7 Å². The summed E-state index contributed by atoms with van der Waals surface area (Å²) in [5.41, 5.74) is 2.58. The summed E-state index contributed by atoms with van der Waals surface area (Å²) in [5, 5.41) is 13.0. The number of hydrogen-bond acceptors (Lipinski definition) is 7. The first-order chi connectivity index (χ1) is 15.3. The fraction of sp³-hybridized carbons (Fsp3) is 0.409. The Kier molecular flexibility index (Phi) is 9.30. The molecule has 0 atom stereocenters. The van der Waals surface area contributed by atoms with E-state index in [0.717, 1.165) is 32.5 Å². The van der Waals surface area contributed by atoms with Gasteiger partial charge in [0.25, 0.3) is 0 Å².